The van der Waals surface area contributed by atoms with Gasteiger partial charge in [0.25, 0.3) is 10.2 Å². The van der Waals surface area contributed by atoms with E-state index in [-0.39, 0.29) is 6.04 Å². The maximum Gasteiger partial charge on any atom is 0.276 e. The van der Waals surface area contributed by atoms with Gasteiger partial charge in [0.1, 0.15) is 17.0 Å². The molecule has 1 fully saturated rings. The molecule has 3 rings (SSSR count). The maximum atomic E-state index is 11.5. The van der Waals surface area contributed by atoms with Crippen molar-refractivity contribution in [1.82, 2.24) is 18.9 Å². The highest BCUT2D eigenvalue weighted by atomic mass is 35.5. The van der Waals surface area contributed by atoms with E-state index >= 15 is 0 Å². The van der Waals surface area contributed by atoms with E-state index < -0.39 is 10.2 Å². The summed E-state index contributed by atoms with van der Waals surface area (Å²) in [7, 11) is -2.13. The Labute approximate surface area is 140 Å². The van der Waals surface area contributed by atoms with Gasteiger partial charge < -0.3 is 4.90 Å². The molecular formula is C13H19ClN6O2S. The molecule has 3 heterocycles. The van der Waals surface area contributed by atoms with Crippen LogP contribution in [-0.4, -0.2) is 53.5 Å². The Hall–Kier alpha value is -1.42. The van der Waals surface area contributed by atoms with Gasteiger partial charge in [0.2, 0.25) is 0 Å². The monoisotopic (exact) mass is 358 g/mol. The molecule has 0 amide bonds. The van der Waals surface area contributed by atoms with Crippen LogP contribution in [0.5, 0.6) is 0 Å². The smallest absolute Gasteiger partial charge is 0.276 e. The summed E-state index contributed by atoms with van der Waals surface area (Å²) >= 11 is 6.17. The van der Waals surface area contributed by atoms with Crippen molar-refractivity contribution >= 4 is 33.1 Å². The molecule has 0 bridgehead atoms. The minimum Gasteiger partial charge on any atom is -0.355 e. The zero-order valence-corrected chi connectivity index (χ0v) is 14.5. The number of fused-ring (bicyclic) bond motifs is 1. The third-order valence-electron chi connectivity index (χ3n) is 4.36. The molecule has 0 saturated carbocycles. The lowest BCUT2D eigenvalue weighted by molar-refractivity contribution is 0.312. The van der Waals surface area contributed by atoms with Crippen LogP contribution in [0, 0.1) is 6.92 Å². The summed E-state index contributed by atoms with van der Waals surface area (Å²) < 4.78 is 25.8. The molecule has 126 valence electrons. The molecule has 2 aromatic heterocycles. The number of hydrogen-bond acceptors (Lipinski definition) is 5. The lowest BCUT2D eigenvalue weighted by atomic mass is 10.1. The Kier molecular flexibility index (Phi) is 4.21. The van der Waals surface area contributed by atoms with Crippen molar-refractivity contribution < 1.29 is 8.42 Å². The van der Waals surface area contributed by atoms with Gasteiger partial charge >= 0.3 is 0 Å². The number of nitrogens with zero attached hydrogens (tertiary/aromatic N) is 5. The van der Waals surface area contributed by atoms with Crippen molar-refractivity contribution in [1.29, 1.82) is 0 Å². The molecule has 0 spiro atoms. The quantitative estimate of drug-likeness (QED) is 0.875. The second kappa shape index (κ2) is 5.90. The molecular weight excluding hydrogens is 340 g/mol. The fraction of sp³-hybridized carbons (Fsp3) is 0.538. The molecule has 2 N–H and O–H groups in total. The van der Waals surface area contributed by atoms with E-state index in [4.69, 9.17) is 16.7 Å². The van der Waals surface area contributed by atoms with Crippen LogP contribution in [0.3, 0.4) is 0 Å². The summed E-state index contributed by atoms with van der Waals surface area (Å²) in [6, 6.07) is 1.77. The Morgan fingerprint density at radius 2 is 2.04 bits per heavy atom. The normalized spacial score (nSPS) is 17.3. The van der Waals surface area contributed by atoms with Crippen molar-refractivity contribution in [3.63, 3.8) is 0 Å². The van der Waals surface area contributed by atoms with Crippen LogP contribution in [0.1, 0.15) is 18.4 Å². The van der Waals surface area contributed by atoms with Gasteiger partial charge in [-0.05, 0) is 31.4 Å². The predicted molar refractivity (Wildman–Crippen MR) is 88.8 cm³/mol. The van der Waals surface area contributed by atoms with E-state index in [1.165, 1.54) is 17.7 Å². The van der Waals surface area contributed by atoms with Crippen molar-refractivity contribution in [3.05, 3.63) is 23.1 Å². The van der Waals surface area contributed by atoms with Crippen LogP contribution < -0.4 is 10.0 Å². The van der Waals surface area contributed by atoms with Crippen LogP contribution >= 0.6 is 11.6 Å². The van der Waals surface area contributed by atoms with Crippen molar-refractivity contribution in [2.24, 2.45) is 5.14 Å². The minimum absolute atomic E-state index is 0.0874. The van der Waals surface area contributed by atoms with E-state index in [1.54, 1.807) is 4.52 Å². The second-order valence-corrected chi connectivity index (χ2v) is 7.77. The standard InChI is InChI=1S/C13H19ClN6O2S/c1-9-7-11(14)20-12(9)13(16-8-17-20)19-5-3-10(4-6-19)18(2)23(15,21)22/h7-8,10H,3-6H2,1-2H3,(H2,15,21,22). The average Bonchev–Trinajstić information content (AvgIpc) is 2.81. The molecule has 1 aliphatic rings. The van der Waals surface area contributed by atoms with E-state index in [0.29, 0.717) is 31.1 Å². The highest BCUT2D eigenvalue weighted by Crippen LogP contribution is 2.29. The van der Waals surface area contributed by atoms with Crippen LogP contribution in [0.25, 0.3) is 5.52 Å². The van der Waals surface area contributed by atoms with Crippen molar-refractivity contribution in [2.45, 2.75) is 25.8 Å². The number of piperidine rings is 1. The lowest BCUT2D eigenvalue weighted by Crippen LogP contribution is -2.47. The summed E-state index contributed by atoms with van der Waals surface area (Å²) in [5.74, 6) is 0.820. The summed E-state index contributed by atoms with van der Waals surface area (Å²) in [6.07, 6.45) is 2.86. The first-order valence-corrected chi connectivity index (χ1v) is 9.16. The highest BCUT2D eigenvalue weighted by molar-refractivity contribution is 7.86. The van der Waals surface area contributed by atoms with Gasteiger partial charge in [-0.25, -0.2) is 14.6 Å². The Morgan fingerprint density at radius 1 is 1.39 bits per heavy atom. The van der Waals surface area contributed by atoms with Gasteiger partial charge in [-0.3, -0.25) is 0 Å². The first-order chi connectivity index (χ1) is 10.8. The van der Waals surface area contributed by atoms with Crippen LogP contribution in [0.2, 0.25) is 5.15 Å². The average molecular weight is 359 g/mol. The molecule has 2 aromatic rings. The fourth-order valence-corrected chi connectivity index (χ4v) is 3.96. The van der Waals surface area contributed by atoms with Gasteiger partial charge in [0.15, 0.2) is 5.82 Å². The zero-order valence-electron chi connectivity index (χ0n) is 13.0. The molecule has 0 unspecified atom stereocenters. The molecule has 1 saturated heterocycles. The fourth-order valence-electron chi connectivity index (χ4n) is 3.04. The number of nitrogens with two attached hydrogens (primary N) is 1. The molecule has 0 radical (unpaired) electrons. The summed E-state index contributed by atoms with van der Waals surface area (Å²) in [4.78, 5) is 6.53. The number of anilines is 1. The number of aromatic nitrogens is 3. The SMILES string of the molecule is Cc1cc(Cl)n2ncnc(N3CCC(N(C)S(N)(=O)=O)CC3)c12. The number of hydrogen-bond donors (Lipinski definition) is 1. The molecule has 0 aliphatic carbocycles. The minimum atomic E-state index is -3.65. The third-order valence-corrected chi connectivity index (χ3v) is 5.73. The van der Waals surface area contributed by atoms with Crippen LogP contribution in [0.15, 0.2) is 12.4 Å². The van der Waals surface area contributed by atoms with Crippen LogP contribution in [-0.2, 0) is 10.2 Å². The highest BCUT2D eigenvalue weighted by Gasteiger charge is 2.29. The van der Waals surface area contributed by atoms with Crippen molar-refractivity contribution in [3.8, 4) is 0 Å². The first-order valence-electron chi connectivity index (χ1n) is 7.28. The Bertz CT molecular complexity index is 828. The van der Waals surface area contributed by atoms with Gasteiger partial charge in [0.05, 0.1) is 0 Å². The largest absolute Gasteiger partial charge is 0.355 e. The number of halogens is 1. The predicted octanol–water partition coefficient (Wildman–Crippen LogP) is 0.795. The molecule has 23 heavy (non-hydrogen) atoms. The third kappa shape index (κ3) is 3.01. The van der Waals surface area contributed by atoms with E-state index in [1.807, 2.05) is 13.0 Å². The summed E-state index contributed by atoms with van der Waals surface area (Å²) in [5, 5.41) is 9.92. The lowest BCUT2D eigenvalue weighted by Gasteiger charge is -2.36. The van der Waals surface area contributed by atoms with Gasteiger partial charge in [0, 0.05) is 26.2 Å². The molecule has 10 heteroatoms. The zero-order chi connectivity index (χ0) is 16.8. The number of aryl methyl sites for hydroxylation is 1. The molecule has 0 aromatic carbocycles. The van der Waals surface area contributed by atoms with Crippen molar-refractivity contribution in [2.75, 3.05) is 25.0 Å². The van der Waals surface area contributed by atoms with E-state index in [2.05, 4.69) is 15.0 Å². The Balaban J connectivity index is 1.84. The van der Waals surface area contributed by atoms with E-state index in [9.17, 15) is 8.42 Å². The Morgan fingerprint density at radius 3 is 2.65 bits per heavy atom. The van der Waals surface area contributed by atoms with Gasteiger partial charge in [-0.1, -0.05) is 11.6 Å². The number of rotatable bonds is 3. The summed E-state index contributed by atoms with van der Waals surface area (Å²) in [5.41, 5.74) is 1.89. The topological polar surface area (TPSA) is 96.8 Å². The van der Waals surface area contributed by atoms with Gasteiger partial charge in [-0.15, -0.1) is 0 Å². The summed E-state index contributed by atoms with van der Waals surface area (Å²) in [6.45, 7) is 3.36. The van der Waals surface area contributed by atoms with Crippen LogP contribution in [0.4, 0.5) is 5.82 Å². The molecule has 1 aliphatic heterocycles. The maximum absolute atomic E-state index is 11.5. The van der Waals surface area contributed by atoms with E-state index in [0.717, 1.165) is 16.9 Å². The second-order valence-electron chi connectivity index (χ2n) is 5.77. The molecule has 8 nitrogen and oxygen atoms in total. The molecule has 0 atom stereocenters. The van der Waals surface area contributed by atoms with Gasteiger partial charge in [-0.2, -0.15) is 17.8 Å². The first kappa shape index (κ1) is 16.4.